The molecule has 2 aromatic carbocycles. The lowest BCUT2D eigenvalue weighted by atomic mass is 9.99. The number of thiophene rings is 1. The van der Waals surface area contributed by atoms with Gasteiger partial charge in [-0.3, -0.25) is 9.36 Å². The van der Waals surface area contributed by atoms with Crippen molar-refractivity contribution in [2.45, 2.75) is 6.04 Å². The quantitative estimate of drug-likeness (QED) is 0.334. The number of carboxylic acid groups (broad SMARTS) is 1. The van der Waals surface area contributed by atoms with Crippen LogP contribution in [-0.4, -0.2) is 31.8 Å². The van der Waals surface area contributed by atoms with Gasteiger partial charge in [0.1, 0.15) is 0 Å². The van der Waals surface area contributed by atoms with E-state index < -0.39 is 35.0 Å². The van der Waals surface area contributed by atoms with Crippen LogP contribution >= 0.6 is 11.3 Å². The van der Waals surface area contributed by atoms with Gasteiger partial charge in [0, 0.05) is 7.05 Å². The van der Waals surface area contributed by atoms with Crippen LogP contribution in [0.3, 0.4) is 0 Å². The first-order valence-electron chi connectivity index (χ1n) is 10.2. The van der Waals surface area contributed by atoms with E-state index in [2.05, 4.69) is 15.6 Å². The minimum absolute atomic E-state index is 0.00756. The maximum absolute atomic E-state index is 13.0. The van der Waals surface area contributed by atoms with Gasteiger partial charge in [-0.2, -0.15) is 0 Å². The molecule has 10 heteroatoms. The summed E-state index contributed by atoms with van der Waals surface area (Å²) in [7, 11) is 1.36. The van der Waals surface area contributed by atoms with Crippen LogP contribution in [0.15, 0.2) is 76.9 Å². The molecule has 4 aromatic rings. The molecule has 4 rings (SSSR count). The molecule has 0 radical (unpaired) electrons. The fraction of sp³-hybridized carbons (Fsp3) is 0.0833. The van der Waals surface area contributed by atoms with Gasteiger partial charge in [0.2, 0.25) is 5.75 Å². The van der Waals surface area contributed by atoms with Gasteiger partial charge in [-0.1, -0.05) is 60.7 Å². The number of anilines is 1. The lowest BCUT2D eigenvalue weighted by Gasteiger charge is -2.20. The van der Waals surface area contributed by atoms with Crippen molar-refractivity contribution in [1.82, 2.24) is 14.9 Å². The molecule has 0 saturated heterocycles. The van der Waals surface area contributed by atoms with Gasteiger partial charge < -0.3 is 20.8 Å². The molecule has 0 aliphatic heterocycles. The zero-order valence-electron chi connectivity index (χ0n) is 17.9. The fourth-order valence-corrected chi connectivity index (χ4v) is 4.34. The van der Waals surface area contributed by atoms with Crippen LogP contribution < -0.4 is 16.2 Å². The number of nitrogens with zero attached hydrogens (tertiary/aromatic N) is 2. The van der Waals surface area contributed by atoms with E-state index in [4.69, 9.17) is 0 Å². The smallest absolute Gasteiger partial charge is 0.358 e. The average molecular weight is 477 g/mol. The number of aromatic hydroxyl groups is 1. The molecule has 0 spiro atoms. The topological polar surface area (TPSA) is 134 Å². The Balaban J connectivity index is 1.65. The molecule has 34 heavy (non-hydrogen) atoms. The van der Waals surface area contributed by atoms with Gasteiger partial charge in [-0.25, -0.2) is 14.6 Å². The van der Waals surface area contributed by atoms with Crippen molar-refractivity contribution in [1.29, 1.82) is 0 Å². The first kappa shape index (κ1) is 22.7. The van der Waals surface area contributed by atoms with Crippen molar-refractivity contribution in [3.05, 3.63) is 99.3 Å². The predicted molar refractivity (Wildman–Crippen MR) is 128 cm³/mol. The number of carbonyl (C=O) groups excluding carboxylic acids is 1. The van der Waals surface area contributed by atoms with Gasteiger partial charge in [-0.05, 0) is 22.6 Å². The molecular weight excluding hydrogens is 456 g/mol. The van der Waals surface area contributed by atoms with Crippen LogP contribution in [0.4, 0.5) is 10.5 Å². The highest BCUT2D eigenvalue weighted by Crippen LogP contribution is 2.33. The second-order valence-corrected chi connectivity index (χ2v) is 8.23. The van der Waals surface area contributed by atoms with Gasteiger partial charge in [0.15, 0.2) is 11.5 Å². The Labute approximate surface area is 198 Å². The Morgan fingerprint density at radius 1 is 1.00 bits per heavy atom. The summed E-state index contributed by atoms with van der Waals surface area (Å²) >= 11 is 1.17. The monoisotopic (exact) mass is 476 g/mol. The molecule has 2 amide bonds. The van der Waals surface area contributed by atoms with E-state index in [-0.39, 0.29) is 5.82 Å². The summed E-state index contributed by atoms with van der Waals surface area (Å²) < 4.78 is 1.04. The lowest BCUT2D eigenvalue weighted by Crippen LogP contribution is -2.33. The first-order chi connectivity index (χ1) is 16.4. The zero-order valence-corrected chi connectivity index (χ0v) is 18.7. The molecule has 9 nitrogen and oxygen atoms in total. The second-order valence-electron chi connectivity index (χ2n) is 7.32. The lowest BCUT2D eigenvalue weighted by molar-refractivity contribution is 0.0686. The Bertz CT molecular complexity index is 1360. The van der Waals surface area contributed by atoms with Crippen LogP contribution in [0.1, 0.15) is 27.7 Å². The SMILES string of the molecule is Cn1c(-c2sccc2NC(=O)NC(c2ccccc2)c2ccccc2)nc(C(=O)O)c(O)c1=O. The van der Waals surface area contributed by atoms with Crippen LogP contribution in [0.25, 0.3) is 10.7 Å². The average Bonchev–Trinajstić information content (AvgIpc) is 3.29. The number of rotatable bonds is 6. The summed E-state index contributed by atoms with van der Waals surface area (Å²) in [5.74, 6) is -2.47. The third-order valence-electron chi connectivity index (χ3n) is 5.13. The molecule has 0 fully saturated rings. The number of amides is 2. The maximum atomic E-state index is 13.0. The van der Waals surface area contributed by atoms with E-state index in [9.17, 15) is 24.6 Å². The molecule has 0 saturated carbocycles. The minimum Gasteiger partial charge on any atom is -0.501 e. The number of aromatic nitrogens is 2. The number of carboxylic acids is 1. The van der Waals surface area contributed by atoms with Gasteiger partial charge in [0.05, 0.1) is 16.6 Å². The first-order valence-corrected chi connectivity index (χ1v) is 11.0. The molecular formula is C24H20N4O5S. The van der Waals surface area contributed by atoms with Crippen LogP contribution in [-0.2, 0) is 7.05 Å². The second kappa shape index (κ2) is 9.59. The number of urea groups is 1. The van der Waals surface area contributed by atoms with Crippen LogP contribution in [0.2, 0.25) is 0 Å². The molecule has 2 aromatic heterocycles. The van der Waals surface area contributed by atoms with E-state index >= 15 is 0 Å². The summed E-state index contributed by atoms with van der Waals surface area (Å²) in [6, 6.07) is 19.7. The van der Waals surface area contributed by atoms with Crippen molar-refractivity contribution in [2.75, 3.05) is 5.32 Å². The molecule has 0 atom stereocenters. The van der Waals surface area contributed by atoms with E-state index in [0.717, 1.165) is 15.7 Å². The molecule has 172 valence electrons. The number of nitrogens with one attached hydrogen (secondary N) is 2. The zero-order chi connectivity index (χ0) is 24.2. The highest BCUT2D eigenvalue weighted by Gasteiger charge is 2.23. The largest absolute Gasteiger partial charge is 0.501 e. The van der Waals surface area contributed by atoms with Crippen LogP contribution in [0, 0.1) is 0 Å². The van der Waals surface area contributed by atoms with Crippen LogP contribution in [0.5, 0.6) is 5.75 Å². The Hall–Kier alpha value is -4.44. The Morgan fingerprint density at radius 3 is 2.15 bits per heavy atom. The summed E-state index contributed by atoms with van der Waals surface area (Å²) in [6.45, 7) is 0. The number of carbonyl (C=O) groups is 2. The van der Waals surface area contributed by atoms with Gasteiger partial charge in [-0.15, -0.1) is 11.3 Å². The minimum atomic E-state index is -1.53. The highest BCUT2D eigenvalue weighted by molar-refractivity contribution is 7.14. The van der Waals surface area contributed by atoms with Crippen molar-refractivity contribution in [3.8, 4) is 16.5 Å². The molecule has 0 aliphatic rings. The Kier molecular flexibility index (Phi) is 6.42. The summed E-state index contributed by atoms with van der Waals surface area (Å²) in [6.07, 6.45) is 0. The van der Waals surface area contributed by atoms with E-state index in [1.165, 1.54) is 18.4 Å². The normalized spacial score (nSPS) is 10.8. The van der Waals surface area contributed by atoms with Crippen molar-refractivity contribution in [2.24, 2.45) is 7.05 Å². The van der Waals surface area contributed by atoms with E-state index in [1.807, 2.05) is 60.7 Å². The number of benzene rings is 2. The Morgan fingerprint density at radius 2 is 1.59 bits per heavy atom. The van der Waals surface area contributed by atoms with E-state index in [1.54, 1.807) is 11.4 Å². The summed E-state index contributed by atoms with van der Waals surface area (Å²) in [5.41, 5.74) is 0.465. The van der Waals surface area contributed by atoms with Crippen molar-refractivity contribution < 1.29 is 19.8 Å². The molecule has 0 unspecified atom stereocenters. The molecule has 0 bridgehead atoms. The van der Waals surface area contributed by atoms with Gasteiger partial charge >= 0.3 is 12.0 Å². The molecule has 2 heterocycles. The summed E-state index contributed by atoms with van der Waals surface area (Å²) in [4.78, 5) is 41.0. The number of hydrogen-bond donors (Lipinski definition) is 4. The standard InChI is InChI=1S/C24H20N4O5S/c1-28-21(26-18(23(31)32)19(29)22(28)30)20-16(12-13-34-20)25-24(33)27-17(14-8-4-2-5-9-14)15-10-6-3-7-11-15/h2-13,17,29H,1H3,(H,31,32)(H2,25,27,33). The third-order valence-corrected chi connectivity index (χ3v) is 6.04. The third kappa shape index (κ3) is 4.52. The number of aromatic carboxylic acids is 1. The summed E-state index contributed by atoms with van der Waals surface area (Å²) in [5, 5.41) is 26.5. The predicted octanol–water partition coefficient (Wildman–Crippen LogP) is 3.82. The number of hydrogen-bond acceptors (Lipinski definition) is 6. The molecule has 4 N–H and O–H groups in total. The highest BCUT2D eigenvalue weighted by atomic mass is 32.1. The maximum Gasteiger partial charge on any atom is 0.358 e. The van der Waals surface area contributed by atoms with Crippen molar-refractivity contribution >= 4 is 29.0 Å². The van der Waals surface area contributed by atoms with Crippen molar-refractivity contribution in [3.63, 3.8) is 0 Å². The van der Waals surface area contributed by atoms with Gasteiger partial charge in [0.25, 0.3) is 5.56 Å². The fourth-order valence-electron chi connectivity index (χ4n) is 3.46. The van der Waals surface area contributed by atoms with E-state index in [0.29, 0.717) is 10.6 Å². The molecule has 0 aliphatic carbocycles.